The molecule has 0 bridgehead atoms. The Morgan fingerprint density at radius 2 is 1.81 bits per heavy atom. The lowest BCUT2D eigenvalue weighted by Gasteiger charge is -2.35. The molecule has 3 rings (SSSR count). The number of carbonyl (C=O) groups excluding carboxylic acids is 1. The van der Waals surface area contributed by atoms with Gasteiger partial charge in [-0.1, -0.05) is 0 Å². The highest BCUT2D eigenvalue weighted by Crippen LogP contribution is 2.32. The molecule has 2 N–H and O–H groups in total. The zero-order chi connectivity index (χ0) is 26.5. The fourth-order valence-electron chi connectivity index (χ4n) is 3.60. The highest BCUT2D eigenvalue weighted by molar-refractivity contribution is 5.76. The Kier molecular flexibility index (Phi) is 8.43. The normalized spacial score (nSPS) is 15.6. The maximum atomic E-state index is 13.1. The number of ether oxygens (including phenoxy) is 1. The van der Waals surface area contributed by atoms with E-state index in [0.717, 1.165) is 18.5 Å². The molecule has 36 heavy (non-hydrogen) atoms. The Morgan fingerprint density at radius 3 is 2.39 bits per heavy atom. The van der Waals surface area contributed by atoms with Gasteiger partial charge in [-0.05, 0) is 19.1 Å². The SMILES string of the molecule is C[C@@H](COCCC(=O)N1CCN(c2ccc(C(F)(F)F)cn2)CC1)Nc1cn[nH]c(=O)c1C(F)(F)F. The molecule has 1 aliphatic rings. The Bertz CT molecular complexity index is 1080. The van der Waals surface area contributed by atoms with Crippen LogP contribution in [-0.4, -0.2) is 71.4 Å². The van der Waals surface area contributed by atoms with Crippen molar-refractivity contribution in [1.29, 1.82) is 0 Å². The zero-order valence-corrected chi connectivity index (χ0v) is 19.1. The van der Waals surface area contributed by atoms with Crippen LogP contribution in [0.1, 0.15) is 24.5 Å². The van der Waals surface area contributed by atoms with Crippen LogP contribution in [0, 0.1) is 0 Å². The predicted molar refractivity (Wildman–Crippen MR) is 116 cm³/mol. The lowest BCUT2D eigenvalue weighted by atomic mass is 10.2. The number of aromatic nitrogens is 3. The molecule has 3 heterocycles. The second-order valence-corrected chi connectivity index (χ2v) is 8.13. The monoisotopic (exact) mass is 522 g/mol. The second kappa shape index (κ2) is 11.1. The standard InChI is InChI=1S/C21H24F6N6O3/c1-13(30-15-11-29-31-19(35)18(15)21(25,26)27)12-36-9-4-17(34)33-7-5-32(6-8-33)16-3-2-14(10-28-16)20(22,23)24/h2-3,10-11,13H,4-9,12H2,1H3,(H2,30,31,35)/t13-/m0/s1. The van der Waals surface area contributed by atoms with Crippen molar-refractivity contribution in [2.75, 3.05) is 49.6 Å². The average Bonchev–Trinajstić information content (AvgIpc) is 2.80. The number of amides is 1. The molecule has 1 fully saturated rings. The van der Waals surface area contributed by atoms with E-state index < -0.39 is 40.8 Å². The number of carbonyl (C=O) groups is 1. The van der Waals surface area contributed by atoms with Crippen molar-refractivity contribution < 1.29 is 35.9 Å². The van der Waals surface area contributed by atoms with Crippen molar-refractivity contribution in [2.45, 2.75) is 31.7 Å². The minimum Gasteiger partial charge on any atom is -0.379 e. The van der Waals surface area contributed by atoms with E-state index in [2.05, 4.69) is 15.4 Å². The van der Waals surface area contributed by atoms with Gasteiger partial charge in [-0.15, -0.1) is 0 Å². The van der Waals surface area contributed by atoms with Crippen molar-refractivity contribution in [3.8, 4) is 0 Å². The van der Waals surface area contributed by atoms with Crippen LogP contribution in [0.3, 0.4) is 0 Å². The lowest BCUT2D eigenvalue weighted by Crippen LogP contribution is -2.49. The van der Waals surface area contributed by atoms with Gasteiger partial charge < -0.3 is 19.9 Å². The van der Waals surface area contributed by atoms with E-state index in [-0.39, 0.29) is 25.5 Å². The summed E-state index contributed by atoms with van der Waals surface area (Å²) >= 11 is 0. The fraction of sp³-hybridized carbons (Fsp3) is 0.524. The lowest BCUT2D eigenvalue weighted by molar-refractivity contribution is -0.138. The fourth-order valence-corrected chi connectivity index (χ4v) is 3.60. The molecule has 0 spiro atoms. The summed E-state index contributed by atoms with van der Waals surface area (Å²) < 4.78 is 82.7. The van der Waals surface area contributed by atoms with Gasteiger partial charge >= 0.3 is 12.4 Å². The van der Waals surface area contributed by atoms with E-state index in [9.17, 15) is 35.9 Å². The van der Waals surface area contributed by atoms with Crippen LogP contribution in [-0.2, 0) is 21.9 Å². The largest absolute Gasteiger partial charge is 0.423 e. The van der Waals surface area contributed by atoms with Gasteiger partial charge in [-0.25, -0.2) is 10.1 Å². The molecule has 0 unspecified atom stereocenters. The summed E-state index contributed by atoms with van der Waals surface area (Å²) in [6, 6.07) is 1.65. The van der Waals surface area contributed by atoms with Gasteiger partial charge in [-0.2, -0.15) is 31.4 Å². The van der Waals surface area contributed by atoms with Crippen LogP contribution in [0.2, 0.25) is 0 Å². The van der Waals surface area contributed by atoms with E-state index in [1.165, 1.54) is 6.07 Å². The number of halogens is 6. The first-order valence-electron chi connectivity index (χ1n) is 10.9. The molecule has 1 aliphatic heterocycles. The molecule has 1 atom stereocenters. The molecule has 0 aliphatic carbocycles. The number of rotatable bonds is 8. The first kappa shape index (κ1) is 27.2. The average molecular weight is 522 g/mol. The van der Waals surface area contributed by atoms with Crippen LogP contribution in [0.15, 0.2) is 29.3 Å². The smallest absolute Gasteiger partial charge is 0.379 e. The summed E-state index contributed by atoms with van der Waals surface area (Å²) in [4.78, 5) is 31.2. The first-order chi connectivity index (χ1) is 16.9. The Labute approximate surface area is 201 Å². The maximum absolute atomic E-state index is 13.1. The van der Waals surface area contributed by atoms with Crippen molar-refractivity contribution in [3.63, 3.8) is 0 Å². The number of pyridine rings is 1. The summed E-state index contributed by atoms with van der Waals surface area (Å²) in [5, 5.41) is 7.67. The molecule has 9 nitrogen and oxygen atoms in total. The zero-order valence-electron chi connectivity index (χ0n) is 19.1. The quantitative estimate of drug-likeness (QED) is 0.406. The molecule has 0 radical (unpaired) electrons. The predicted octanol–water partition coefficient (Wildman–Crippen LogP) is 2.76. The molecule has 15 heteroatoms. The molecule has 1 saturated heterocycles. The first-order valence-corrected chi connectivity index (χ1v) is 10.9. The maximum Gasteiger partial charge on any atom is 0.423 e. The highest BCUT2D eigenvalue weighted by Gasteiger charge is 2.37. The van der Waals surface area contributed by atoms with Crippen molar-refractivity contribution in [1.82, 2.24) is 20.1 Å². The second-order valence-electron chi connectivity index (χ2n) is 8.13. The number of aromatic amines is 1. The van der Waals surface area contributed by atoms with E-state index in [1.807, 2.05) is 0 Å². The summed E-state index contributed by atoms with van der Waals surface area (Å²) in [6.07, 6.45) is -7.64. The van der Waals surface area contributed by atoms with E-state index in [1.54, 1.807) is 21.8 Å². The molecule has 2 aromatic heterocycles. The van der Waals surface area contributed by atoms with Crippen LogP contribution in [0.5, 0.6) is 0 Å². The number of piperazine rings is 1. The number of H-pyrrole nitrogens is 1. The highest BCUT2D eigenvalue weighted by atomic mass is 19.4. The van der Waals surface area contributed by atoms with Gasteiger partial charge in [0, 0.05) is 38.4 Å². The van der Waals surface area contributed by atoms with Crippen LogP contribution < -0.4 is 15.8 Å². The van der Waals surface area contributed by atoms with Gasteiger partial charge in [-0.3, -0.25) is 9.59 Å². The molecule has 0 saturated carbocycles. The third kappa shape index (κ3) is 7.08. The molecular formula is C21H24F6N6O3. The van der Waals surface area contributed by atoms with Crippen molar-refractivity contribution in [2.24, 2.45) is 0 Å². The van der Waals surface area contributed by atoms with E-state index in [0.29, 0.717) is 32.0 Å². The number of hydrogen-bond acceptors (Lipinski definition) is 7. The van der Waals surface area contributed by atoms with E-state index in [4.69, 9.17) is 4.74 Å². The molecule has 1 amide bonds. The Morgan fingerprint density at radius 1 is 1.11 bits per heavy atom. The van der Waals surface area contributed by atoms with Gasteiger partial charge in [0.1, 0.15) is 11.4 Å². The third-order valence-electron chi connectivity index (χ3n) is 5.40. The minimum absolute atomic E-state index is 0.0231. The molecule has 198 valence electrons. The number of nitrogens with zero attached hydrogens (tertiary/aromatic N) is 4. The number of alkyl halides is 6. The van der Waals surface area contributed by atoms with Crippen molar-refractivity contribution in [3.05, 3.63) is 46.0 Å². The van der Waals surface area contributed by atoms with E-state index >= 15 is 0 Å². The number of anilines is 2. The Balaban J connectivity index is 1.40. The summed E-state index contributed by atoms with van der Waals surface area (Å²) in [5.41, 5.74) is -4.05. The van der Waals surface area contributed by atoms with Gasteiger partial charge in [0.15, 0.2) is 0 Å². The Hall–Kier alpha value is -3.36. The van der Waals surface area contributed by atoms with Crippen LogP contribution >= 0.6 is 0 Å². The molecular weight excluding hydrogens is 498 g/mol. The summed E-state index contributed by atoms with van der Waals surface area (Å²) in [7, 11) is 0. The number of hydrogen-bond donors (Lipinski definition) is 2. The summed E-state index contributed by atoms with van der Waals surface area (Å²) in [6.45, 7) is 3.08. The van der Waals surface area contributed by atoms with Gasteiger partial charge in [0.05, 0.1) is 37.1 Å². The van der Waals surface area contributed by atoms with Crippen LogP contribution in [0.4, 0.5) is 37.8 Å². The topological polar surface area (TPSA) is 103 Å². The minimum atomic E-state index is -4.86. The molecule has 0 aromatic carbocycles. The molecule has 2 aromatic rings. The van der Waals surface area contributed by atoms with Gasteiger partial charge in [0.25, 0.3) is 5.56 Å². The van der Waals surface area contributed by atoms with Crippen molar-refractivity contribution >= 4 is 17.4 Å². The summed E-state index contributed by atoms with van der Waals surface area (Å²) in [5.74, 6) is 0.206. The third-order valence-corrected chi connectivity index (χ3v) is 5.40. The van der Waals surface area contributed by atoms with Crippen LogP contribution in [0.25, 0.3) is 0 Å². The number of nitrogens with one attached hydrogen (secondary N) is 2. The van der Waals surface area contributed by atoms with Gasteiger partial charge in [0.2, 0.25) is 5.91 Å².